The Bertz CT molecular complexity index is 394. The van der Waals surface area contributed by atoms with E-state index in [4.69, 9.17) is 5.73 Å². The Morgan fingerprint density at radius 3 is 1.81 bits per heavy atom. The van der Waals surface area contributed by atoms with Gasteiger partial charge in [0.2, 0.25) is 0 Å². The lowest BCUT2D eigenvalue weighted by Crippen LogP contribution is -2.17. The lowest BCUT2D eigenvalue weighted by atomic mass is 9.80. The van der Waals surface area contributed by atoms with Gasteiger partial charge in [-0.3, -0.25) is 5.73 Å². The molecule has 0 unspecified atom stereocenters. The van der Waals surface area contributed by atoms with Crippen LogP contribution in [-0.4, -0.2) is 0 Å². The number of hydrogen-bond acceptors (Lipinski definition) is 1. The van der Waals surface area contributed by atoms with Crippen LogP contribution in [0.5, 0.6) is 0 Å². The fourth-order valence-corrected chi connectivity index (χ4v) is 2.10. The van der Waals surface area contributed by atoms with Gasteiger partial charge in [0.25, 0.3) is 0 Å². The maximum Gasteiger partial charge on any atom is 0.0679 e. The molecule has 89 valence electrons. The van der Waals surface area contributed by atoms with E-state index in [-0.39, 0.29) is 10.8 Å². The zero-order valence-electron chi connectivity index (χ0n) is 11.1. The fourth-order valence-electron chi connectivity index (χ4n) is 1.64. The Balaban J connectivity index is 3.46. The van der Waals surface area contributed by atoms with Crippen LogP contribution in [0.1, 0.15) is 52.7 Å². The molecule has 1 aromatic rings. The summed E-state index contributed by atoms with van der Waals surface area (Å²) in [6.45, 7) is 13.0. The molecule has 0 aliphatic heterocycles. The molecule has 0 atom stereocenters. The van der Waals surface area contributed by atoms with Gasteiger partial charge in [0.15, 0.2) is 0 Å². The molecule has 0 amide bonds. The highest BCUT2D eigenvalue weighted by atomic mass is 32.1. The molecule has 0 saturated heterocycles. The highest BCUT2D eigenvalue weighted by Gasteiger charge is 2.23. The summed E-state index contributed by atoms with van der Waals surface area (Å²) < 4.78 is 0. The third kappa shape index (κ3) is 2.73. The molecule has 0 fully saturated rings. The molecule has 0 aliphatic rings. The maximum absolute atomic E-state index is 7.98. The van der Waals surface area contributed by atoms with E-state index in [0.717, 1.165) is 10.5 Å². The van der Waals surface area contributed by atoms with Crippen LogP contribution in [-0.2, 0) is 10.8 Å². The van der Waals surface area contributed by atoms with Gasteiger partial charge in [-0.1, -0.05) is 47.6 Å². The molecule has 1 radical (unpaired) electrons. The maximum atomic E-state index is 7.98. The third-order valence-electron chi connectivity index (χ3n) is 2.78. The van der Waals surface area contributed by atoms with E-state index in [9.17, 15) is 0 Å². The minimum absolute atomic E-state index is 0.0359. The van der Waals surface area contributed by atoms with Crippen LogP contribution in [0, 0.1) is 0 Å². The van der Waals surface area contributed by atoms with Gasteiger partial charge < -0.3 is 0 Å². The first-order chi connectivity index (χ1) is 7.03. The molecule has 0 saturated carbocycles. The Kier molecular flexibility index (Phi) is 3.35. The second-order valence-electron chi connectivity index (χ2n) is 6.42. The summed E-state index contributed by atoms with van der Waals surface area (Å²) in [6.07, 6.45) is 0. The smallest absolute Gasteiger partial charge is 0.0679 e. The van der Waals surface area contributed by atoms with Gasteiger partial charge in [-0.15, -0.1) is 12.6 Å². The van der Waals surface area contributed by atoms with E-state index >= 15 is 0 Å². The number of thiol groups is 1. The lowest BCUT2D eigenvalue weighted by molar-refractivity contribution is 0.560. The molecule has 0 heterocycles. The van der Waals surface area contributed by atoms with Crippen LogP contribution < -0.4 is 5.73 Å². The normalized spacial score (nSPS) is 12.9. The second kappa shape index (κ2) is 3.99. The third-order valence-corrected chi connectivity index (χ3v) is 3.27. The van der Waals surface area contributed by atoms with E-state index in [1.54, 1.807) is 0 Å². The SMILES string of the molecule is CC(C)(C)c1cc([NH])c(S)c(C(C)(C)C)c1. The standard InChI is InChI=1S/C14H22NS/c1-13(2,3)9-7-10(14(4,5)6)12(16)11(15)8-9/h7-8,15-16H,1-6H3. The zero-order chi connectivity index (χ0) is 12.7. The van der Waals surface area contributed by atoms with Crippen molar-refractivity contribution in [3.8, 4) is 0 Å². The van der Waals surface area contributed by atoms with Crippen molar-refractivity contribution in [1.29, 1.82) is 0 Å². The molecule has 16 heavy (non-hydrogen) atoms. The first kappa shape index (κ1) is 13.4. The number of rotatable bonds is 0. The summed E-state index contributed by atoms with van der Waals surface area (Å²) in [4.78, 5) is 0.806. The summed E-state index contributed by atoms with van der Waals surface area (Å²) in [7, 11) is 0. The van der Waals surface area contributed by atoms with Gasteiger partial charge in [-0.2, -0.15) is 0 Å². The number of benzene rings is 1. The summed E-state index contributed by atoms with van der Waals surface area (Å²) in [6, 6.07) is 4.12. The lowest BCUT2D eigenvalue weighted by Gasteiger charge is -2.27. The fraction of sp³-hybridized carbons (Fsp3) is 0.571. The Morgan fingerprint density at radius 2 is 1.44 bits per heavy atom. The van der Waals surface area contributed by atoms with Gasteiger partial charge in [0, 0.05) is 4.90 Å². The molecule has 1 N–H and O–H groups in total. The van der Waals surface area contributed by atoms with Gasteiger partial charge in [0.05, 0.1) is 5.69 Å². The monoisotopic (exact) mass is 236 g/mol. The van der Waals surface area contributed by atoms with Crippen molar-refractivity contribution in [1.82, 2.24) is 5.73 Å². The van der Waals surface area contributed by atoms with Crippen molar-refractivity contribution in [3.63, 3.8) is 0 Å². The van der Waals surface area contributed by atoms with Gasteiger partial charge in [0.1, 0.15) is 0 Å². The van der Waals surface area contributed by atoms with Crippen molar-refractivity contribution in [2.24, 2.45) is 0 Å². The van der Waals surface area contributed by atoms with Crippen molar-refractivity contribution in [2.45, 2.75) is 57.3 Å². The molecule has 2 heteroatoms. The van der Waals surface area contributed by atoms with Crippen LogP contribution >= 0.6 is 12.6 Å². The van der Waals surface area contributed by atoms with Gasteiger partial charge in [-0.05, 0) is 28.0 Å². The van der Waals surface area contributed by atoms with Gasteiger partial charge in [-0.25, -0.2) is 0 Å². The van der Waals surface area contributed by atoms with Crippen molar-refractivity contribution >= 4 is 18.3 Å². The van der Waals surface area contributed by atoms with Crippen molar-refractivity contribution in [3.05, 3.63) is 23.3 Å². The van der Waals surface area contributed by atoms with Crippen molar-refractivity contribution in [2.75, 3.05) is 0 Å². The first-order valence-electron chi connectivity index (χ1n) is 5.63. The van der Waals surface area contributed by atoms with Crippen LogP contribution in [0.25, 0.3) is 0 Å². The quantitative estimate of drug-likeness (QED) is 0.642. The summed E-state index contributed by atoms with van der Waals surface area (Å²) >= 11 is 4.46. The molecule has 0 bridgehead atoms. The predicted molar refractivity (Wildman–Crippen MR) is 73.9 cm³/mol. The Hall–Kier alpha value is -0.630. The number of hydrogen-bond donors (Lipinski definition) is 1. The largest absolute Gasteiger partial charge is 0.300 e. The summed E-state index contributed by atoms with van der Waals surface area (Å²) in [5, 5.41) is 0. The van der Waals surface area contributed by atoms with Crippen molar-refractivity contribution < 1.29 is 0 Å². The second-order valence-corrected chi connectivity index (χ2v) is 6.87. The minimum atomic E-state index is 0.0359. The average Bonchev–Trinajstić information content (AvgIpc) is 2.05. The van der Waals surface area contributed by atoms with E-state index in [1.807, 2.05) is 6.07 Å². The molecule has 0 aromatic heterocycles. The van der Waals surface area contributed by atoms with E-state index in [2.05, 4.69) is 60.2 Å². The van der Waals surface area contributed by atoms with E-state index < -0.39 is 0 Å². The molecular formula is C14H22NS. The molecule has 1 nitrogen and oxygen atoms in total. The zero-order valence-corrected chi connectivity index (χ0v) is 12.0. The van der Waals surface area contributed by atoms with Crippen LogP contribution in [0.4, 0.5) is 5.69 Å². The molecule has 1 rings (SSSR count). The topological polar surface area (TPSA) is 23.8 Å². The van der Waals surface area contributed by atoms with Crippen LogP contribution in [0.15, 0.2) is 17.0 Å². The Labute approximate surface area is 105 Å². The van der Waals surface area contributed by atoms with Crippen LogP contribution in [0.2, 0.25) is 0 Å². The van der Waals surface area contributed by atoms with Crippen LogP contribution in [0.3, 0.4) is 0 Å². The minimum Gasteiger partial charge on any atom is -0.300 e. The molecule has 0 spiro atoms. The average molecular weight is 236 g/mol. The molecule has 0 aliphatic carbocycles. The molecule has 1 aromatic carbocycles. The highest BCUT2D eigenvalue weighted by molar-refractivity contribution is 7.80. The Morgan fingerprint density at radius 1 is 0.938 bits per heavy atom. The number of nitrogens with one attached hydrogen (secondary N) is 1. The highest BCUT2D eigenvalue weighted by Crippen LogP contribution is 2.37. The molecular weight excluding hydrogens is 214 g/mol. The first-order valence-corrected chi connectivity index (χ1v) is 6.08. The van der Waals surface area contributed by atoms with E-state index in [1.165, 1.54) is 5.56 Å². The van der Waals surface area contributed by atoms with Gasteiger partial charge >= 0.3 is 0 Å². The predicted octanol–water partition coefficient (Wildman–Crippen LogP) is 4.48. The summed E-state index contributed by atoms with van der Waals surface area (Å²) in [5.41, 5.74) is 11.0. The summed E-state index contributed by atoms with van der Waals surface area (Å²) in [5.74, 6) is 0. The van der Waals surface area contributed by atoms with E-state index in [0.29, 0.717) is 5.69 Å².